The van der Waals surface area contributed by atoms with Crippen LogP contribution in [0.3, 0.4) is 0 Å². The Morgan fingerprint density at radius 1 is 0.287 bits per heavy atom. The normalized spacial score (nSPS) is 12.8. The lowest BCUT2D eigenvalue weighted by atomic mass is 9.64. The van der Waals surface area contributed by atoms with Gasteiger partial charge in [-0.15, -0.1) is 0 Å². The molecule has 80 heavy (non-hydrogen) atoms. The van der Waals surface area contributed by atoms with E-state index in [0.29, 0.717) is 0 Å². The van der Waals surface area contributed by atoms with Gasteiger partial charge in [-0.3, -0.25) is 0 Å². The Morgan fingerprint density at radius 3 is 1.54 bits per heavy atom. The van der Waals surface area contributed by atoms with Crippen molar-refractivity contribution in [2.24, 2.45) is 0 Å². The van der Waals surface area contributed by atoms with Gasteiger partial charge in [0.25, 0.3) is 0 Å². The molecule has 0 radical (unpaired) electrons. The molecule has 13 aromatic carbocycles. The van der Waals surface area contributed by atoms with Gasteiger partial charge in [0.2, 0.25) is 0 Å². The zero-order valence-electron chi connectivity index (χ0n) is 43.8. The number of nitrogens with zero attached hydrogens (tertiary/aromatic N) is 3. The summed E-state index contributed by atoms with van der Waals surface area (Å²) in [4.78, 5) is 5.00. The third kappa shape index (κ3) is 6.81. The summed E-state index contributed by atoms with van der Waals surface area (Å²) in [5.41, 5.74) is 24.3. The van der Waals surface area contributed by atoms with Gasteiger partial charge in [0, 0.05) is 39.0 Å². The summed E-state index contributed by atoms with van der Waals surface area (Å²) in [6.07, 6.45) is 0. The molecule has 3 heteroatoms. The lowest BCUT2D eigenvalue weighted by Crippen LogP contribution is -2.36. The van der Waals surface area contributed by atoms with Crippen LogP contribution in [-0.2, 0) is 5.41 Å². The van der Waals surface area contributed by atoms with Crippen molar-refractivity contribution in [3.05, 3.63) is 332 Å². The van der Waals surface area contributed by atoms with Crippen molar-refractivity contribution in [2.45, 2.75) is 5.41 Å². The van der Waals surface area contributed by atoms with Crippen molar-refractivity contribution < 1.29 is 0 Å². The lowest BCUT2D eigenvalue weighted by Gasteiger charge is -2.45. The Balaban J connectivity index is 0.929. The average molecular weight is 1020 g/mol. The van der Waals surface area contributed by atoms with Crippen LogP contribution in [0.4, 0.5) is 34.1 Å². The molecule has 0 fully saturated rings. The molecular formula is C77H51N3. The van der Waals surface area contributed by atoms with Gasteiger partial charge in [-0.25, -0.2) is 0 Å². The highest BCUT2D eigenvalue weighted by Gasteiger charge is 2.52. The van der Waals surface area contributed by atoms with Gasteiger partial charge in [0.1, 0.15) is 0 Å². The lowest BCUT2D eigenvalue weighted by molar-refractivity contribution is 0.752. The van der Waals surface area contributed by atoms with E-state index in [-0.39, 0.29) is 0 Å². The molecule has 1 spiro atoms. The third-order valence-corrected chi connectivity index (χ3v) is 17.0. The van der Waals surface area contributed by atoms with Crippen LogP contribution in [0.15, 0.2) is 309 Å². The van der Waals surface area contributed by atoms with Gasteiger partial charge in [-0.2, -0.15) is 0 Å². The molecule has 0 saturated carbocycles. The maximum absolute atomic E-state index is 2.54. The van der Waals surface area contributed by atoms with E-state index in [1.807, 2.05) is 0 Å². The summed E-state index contributed by atoms with van der Waals surface area (Å²) in [6.45, 7) is 0. The monoisotopic (exact) mass is 1020 g/mol. The minimum Gasteiger partial charge on any atom is -0.310 e. The van der Waals surface area contributed by atoms with E-state index < -0.39 is 5.41 Å². The molecule has 0 N–H and O–H groups in total. The van der Waals surface area contributed by atoms with E-state index in [1.165, 1.54) is 99.6 Å². The first-order valence-corrected chi connectivity index (χ1v) is 27.7. The summed E-state index contributed by atoms with van der Waals surface area (Å²) < 4.78 is 2.38. The van der Waals surface area contributed by atoms with Gasteiger partial charge in [-0.1, -0.05) is 231 Å². The molecule has 0 amide bonds. The fourth-order valence-corrected chi connectivity index (χ4v) is 13.7. The fourth-order valence-electron chi connectivity index (χ4n) is 13.7. The van der Waals surface area contributed by atoms with Crippen molar-refractivity contribution in [3.8, 4) is 50.2 Å². The van der Waals surface area contributed by atoms with Crippen LogP contribution in [0, 0.1) is 0 Å². The number of fused-ring (bicyclic) bond motifs is 13. The summed E-state index contributed by atoms with van der Waals surface area (Å²) in [5, 5.41) is 4.93. The Bertz CT molecular complexity index is 4670. The topological polar surface area (TPSA) is 11.4 Å². The van der Waals surface area contributed by atoms with E-state index >= 15 is 0 Å². The summed E-state index contributed by atoms with van der Waals surface area (Å²) in [6, 6.07) is 114. The van der Waals surface area contributed by atoms with E-state index in [1.54, 1.807) is 0 Å². The van der Waals surface area contributed by atoms with Crippen LogP contribution in [0.1, 0.15) is 22.3 Å². The summed E-state index contributed by atoms with van der Waals surface area (Å²) >= 11 is 0. The molecule has 2 aliphatic rings. The molecular weight excluding hydrogens is 967 g/mol. The smallest absolute Gasteiger partial charge is 0.0755 e. The number of rotatable bonds is 8. The average Bonchev–Trinajstić information content (AvgIpc) is 4.23. The number of hydrogen-bond acceptors (Lipinski definition) is 2. The molecule has 0 atom stereocenters. The molecule has 0 saturated heterocycles. The molecule has 2 heterocycles. The quantitative estimate of drug-likeness (QED) is 0.150. The predicted octanol–water partition coefficient (Wildman–Crippen LogP) is 20.6. The molecule has 0 unspecified atom stereocenters. The van der Waals surface area contributed by atoms with Crippen molar-refractivity contribution >= 4 is 66.7 Å². The van der Waals surface area contributed by atoms with Crippen LogP contribution in [-0.4, -0.2) is 4.57 Å². The second-order valence-corrected chi connectivity index (χ2v) is 21.1. The highest BCUT2D eigenvalue weighted by atomic mass is 15.2. The standard InChI is InChI=1S/C77H51N3/c1-3-25-55(26-4-1)78-71-41-18-13-33-63(71)65-51-54(47-50-72(65)78)52-45-48-57(49-46-52)79(70-40-17-12-32-62(70)61-31-10-9-30-60(61)59-35-21-24-53-23-7-8-29-58(53)59)75-44-22-39-69-76(75)64-34-11-14-36-66(64)77(69)67-37-15-19-42-73(67)80(56-27-5-2-6-28-56)74-43-20-16-38-68(74)77/h1-51H. The molecule has 1 aromatic heterocycles. The molecule has 1 aliphatic heterocycles. The van der Waals surface area contributed by atoms with Gasteiger partial charge in [0.15, 0.2) is 0 Å². The minimum absolute atomic E-state index is 0.626. The number of hydrogen-bond donors (Lipinski definition) is 0. The van der Waals surface area contributed by atoms with Gasteiger partial charge in [0.05, 0.1) is 39.2 Å². The highest BCUT2D eigenvalue weighted by Crippen LogP contribution is 2.65. The first-order chi connectivity index (χ1) is 39.7. The van der Waals surface area contributed by atoms with Gasteiger partial charge in [-0.05, 0) is 145 Å². The summed E-state index contributed by atoms with van der Waals surface area (Å²) in [7, 11) is 0. The van der Waals surface area contributed by atoms with Crippen LogP contribution < -0.4 is 9.80 Å². The Morgan fingerprint density at radius 2 is 0.787 bits per heavy atom. The van der Waals surface area contributed by atoms with E-state index in [0.717, 1.165) is 39.6 Å². The molecule has 14 aromatic rings. The van der Waals surface area contributed by atoms with Gasteiger partial charge >= 0.3 is 0 Å². The fraction of sp³-hybridized carbons (Fsp3) is 0.0130. The molecule has 0 bridgehead atoms. The first-order valence-electron chi connectivity index (χ1n) is 27.7. The zero-order chi connectivity index (χ0) is 52.7. The SMILES string of the molecule is c1ccc(N2c3ccccc3C3(c4ccccc4-c4c(N(c5ccc(-c6ccc7c(c6)c6ccccc6n7-c6ccccc6)cc5)c5ccccc5-c5ccccc5-c5cccc6ccccc56)cccc43)c3ccccc32)cc1. The first kappa shape index (κ1) is 45.7. The zero-order valence-corrected chi connectivity index (χ0v) is 43.8. The minimum atomic E-state index is -0.626. The maximum Gasteiger partial charge on any atom is 0.0755 e. The van der Waals surface area contributed by atoms with Crippen molar-refractivity contribution in [1.82, 2.24) is 4.57 Å². The van der Waals surface area contributed by atoms with Crippen LogP contribution >= 0.6 is 0 Å². The summed E-state index contributed by atoms with van der Waals surface area (Å²) in [5.74, 6) is 0. The van der Waals surface area contributed by atoms with E-state index in [9.17, 15) is 0 Å². The number of aromatic nitrogens is 1. The molecule has 374 valence electrons. The molecule has 3 nitrogen and oxygen atoms in total. The number of anilines is 6. The third-order valence-electron chi connectivity index (χ3n) is 17.0. The largest absolute Gasteiger partial charge is 0.310 e. The van der Waals surface area contributed by atoms with Crippen molar-refractivity contribution in [3.63, 3.8) is 0 Å². The van der Waals surface area contributed by atoms with Crippen LogP contribution in [0.25, 0.3) is 82.8 Å². The maximum atomic E-state index is 2.54. The van der Waals surface area contributed by atoms with E-state index in [2.05, 4.69) is 324 Å². The Labute approximate surface area is 465 Å². The number of benzene rings is 13. The highest BCUT2D eigenvalue weighted by molar-refractivity contribution is 6.11. The molecule has 1 aliphatic carbocycles. The van der Waals surface area contributed by atoms with Crippen LogP contribution in [0.5, 0.6) is 0 Å². The van der Waals surface area contributed by atoms with Gasteiger partial charge < -0.3 is 14.4 Å². The molecule has 16 rings (SSSR count). The Hall–Kier alpha value is -10.5. The second kappa shape index (κ2) is 18.3. The van der Waals surface area contributed by atoms with Crippen molar-refractivity contribution in [2.75, 3.05) is 9.80 Å². The number of para-hydroxylation sites is 6. The Kier molecular flexibility index (Phi) is 10.5. The predicted molar refractivity (Wildman–Crippen MR) is 335 cm³/mol. The van der Waals surface area contributed by atoms with E-state index in [4.69, 9.17) is 0 Å². The van der Waals surface area contributed by atoms with Crippen molar-refractivity contribution in [1.29, 1.82) is 0 Å². The second-order valence-electron chi connectivity index (χ2n) is 21.1. The van der Waals surface area contributed by atoms with Crippen LogP contribution in [0.2, 0.25) is 0 Å².